The molecular formula is C16H13FN2S. The standard InChI is InChI=1S/C16H13FN2S/c17-12-5-6-16(14(18)9-12)20-10-11-7-8-19-15-4-2-1-3-13(11)15/h1-9H,10,18H2. The van der Waals surface area contributed by atoms with Gasteiger partial charge in [-0.15, -0.1) is 11.8 Å². The van der Waals surface area contributed by atoms with Crippen molar-refractivity contribution in [3.8, 4) is 0 Å². The van der Waals surface area contributed by atoms with Crippen molar-refractivity contribution in [1.29, 1.82) is 0 Å². The second-order valence-corrected chi connectivity index (χ2v) is 5.48. The van der Waals surface area contributed by atoms with E-state index in [-0.39, 0.29) is 5.82 Å². The summed E-state index contributed by atoms with van der Waals surface area (Å²) in [4.78, 5) is 5.24. The zero-order chi connectivity index (χ0) is 13.9. The van der Waals surface area contributed by atoms with Crippen LogP contribution in [0.4, 0.5) is 10.1 Å². The van der Waals surface area contributed by atoms with Crippen LogP contribution in [0.15, 0.2) is 59.6 Å². The fraction of sp³-hybridized carbons (Fsp3) is 0.0625. The summed E-state index contributed by atoms with van der Waals surface area (Å²) in [5.41, 5.74) is 8.49. The molecule has 1 heterocycles. The molecule has 0 aliphatic carbocycles. The van der Waals surface area contributed by atoms with Gasteiger partial charge in [0.1, 0.15) is 5.82 Å². The van der Waals surface area contributed by atoms with E-state index in [1.54, 1.807) is 17.8 Å². The Labute approximate surface area is 120 Å². The number of pyridine rings is 1. The van der Waals surface area contributed by atoms with Crippen LogP contribution in [-0.2, 0) is 5.75 Å². The van der Waals surface area contributed by atoms with Gasteiger partial charge < -0.3 is 5.73 Å². The van der Waals surface area contributed by atoms with Crippen LogP contribution in [0.5, 0.6) is 0 Å². The number of aromatic nitrogens is 1. The maximum absolute atomic E-state index is 13.0. The van der Waals surface area contributed by atoms with Crippen molar-refractivity contribution in [2.75, 3.05) is 5.73 Å². The number of nitrogens with zero attached hydrogens (tertiary/aromatic N) is 1. The van der Waals surface area contributed by atoms with Gasteiger partial charge in [0.2, 0.25) is 0 Å². The number of rotatable bonds is 3. The lowest BCUT2D eigenvalue weighted by Crippen LogP contribution is -1.91. The lowest BCUT2D eigenvalue weighted by atomic mass is 10.1. The number of fused-ring (bicyclic) bond motifs is 1. The third-order valence-corrected chi connectivity index (χ3v) is 4.23. The zero-order valence-corrected chi connectivity index (χ0v) is 11.5. The molecular weight excluding hydrogens is 271 g/mol. The minimum Gasteiger partial charge on any atom is -0.398 e. The molecule has 0 saturated heterocycles. The summed E-state index contributed by atoms with van der Waals surface area (Å²) in [6, 6.07) is 14.6. The summed E-state index contributed by atoms with van der Waals surface area (Å²) >= 11 is 1.60. The number of anilines is 1. The smallest absolute Gasteiger partial charge is 0.125 e. The van der Waals surface area contributed by atoms with E-state index in [4.69, 9.17) is 5.73 Å². The predicted molar refractivity (Wildman–Crippen MR) is 82.1 cm³/mol. The third kappa shape index (κ3) is 2.60. The van der Waals surface area contributed by atoms with E-state index in [1.165, 1.54) is 17.7 Å². The molecule has 0 atom stereocenters. The van der Waals surface area contributed by atoms with Gasteiger partial charge in [0.15, 0.2) is 0 Å². The number of hydrogen-bond donors (Lipinski definition) is 1. The van der Waals surface area contributed by atoms with Gasteiger partial charge in [-0.2, -0.15) is 0 Å². The minimum atomic E-state index is -0.304. The molecule has 100 valence electrons. The molecule has 0 spiro atoms. The minimum absolute atomic E-state index is 0.304. The fourth-order valence-corrected chi connectivity index (χ4v) is 3.04. The second-order valence-electron chi connectivity index (χ2n) is 4.46. The summed E-state index contributed by atoms with van der Waals surface area (Å²) in [7, 11) is 0. The van der Waals surface area contributed by atoms with Gasteiger partial charge in [-0.3, -0.25) is 4.98 Å². The van der Waals surface area contributed by atoms with Gasteiger partial charge in [-0.25, -0.2) is 4.39 Å². The molecule has 0 unspecified atom stereocenters. The van der Waals surface area contributed by atoms with Crippen LogP contribution >= 0.6 is 11.8 Å². The fourth-order valence-electron chi connectivity index (χ4n) is 2.09. The van der Waals surface area contributed by atoms with Gasteiger partial charge in [0, 0.05) is 27.9 Å². The van der Waals surface area contributed by atoms with Crippen molar-refractivity contribution in [1.82, 2.24) is 4.98 Å². The number of para-hydroxylation sites is 1. The van der Waals surface area contributed by atoms with Crippen LogP contribution in [0.2, 0.25) is 0 Å². The molecule has 0 fully saturated rings. The Balaban J connectivity index is 1.87. The normalized spacial score (nSPS) is 10.8. The lowest BCUT2D eigenvalue weighted by Gasteiger charge is -2.08. The van der Waals surface area contributed by atoms with Gasteiger partial charge in [0.25, 0.3) is 0 Å². The first-order valence-corrected chi connectivity index (χ1v) is 7.23. The molecule has 2 aromatic carbocycles. The lowest BCUT2D eigenvalue weighted by molar-refractivity contribution is 0.627. The Morgan fingerprint density at radius 1 is 1.10 bits per heavy atom. The molecule has 4 heteroatoms. The highest BCUT2D eigenvalue weighted by atomic mass is 32.2. The Hall–Kier alpha value is -2.07. The summed E-state index contributed by atoms with van der Waals surface area (Å²) in [5.74, 6) is 0.472. The maximum atomic E-state index is 13.0. The van der Waals surface area contributed by atoms with E-state index in [9.17, 15) is 4.39 Å². The number of nitrogens with two attached hydrogens (primary N) is 1. The Kier molecular flexibility index (Phi) is 3.56. The summed E-state index contributed by atoms with van der Waals surface area (Å²) < 4.78 is 13.0. The van der Waals surface area contributed by atoms with Crippen molar-refractivity contribution in [2.45, 2.75) is 10.6 Å². The van der Waals surface area contributed by atoms with E-state index in [0.717, 1.165) is 21.6 Å². The Morgan fingerprint density at radius 2 is 1.95 bits per heavy atom. The third-order valence-electron chi connectivity index (χ3n) is 3.09. The van der Waals surface area contributed by atoms with E-state index < -0.39 is 0 Å². The van der Waals surface area contributed by atoms with Gasteiger partial charge in [0.05, 0.1) is 5.52 Å². The van der Waals surface area contributed by atoms with Crippen LogP contribution in [0, 0.1) is 5.82 Å². The Morgan fingerprint density at radius 3 is 2.80 bits per heavy atom. The maximum Gasteiger partial charge on any atom is 0.125 e. The van der Waals surface area contributed by atoms with E-state index in [1.807, 2.05) is 30.5 Å². The average molecular weight is 284 g/mol. The molecule has 3 rings (SSSR count). The summed E-state index contributed by atoms with van der Waals surface area (Å²) in [5, 5.41) is 1.14. The van der Waals surface area contributed by atoms with E-state index in [0.29, 0.717) is 5.69 Å². The summed E-state index contributed by atoms with van der Waals surface area (Å²) in [6.45, 7) is 0. The van der Waals surface area contributed by atoms with Crippen molar-refractivity contribution in [2.24, 2.45) is 0 Å². The first kappa shape index (κ1) is 12.9. The van der Waals surface area contributed by atoms with Crippen LogP contribution in [-0.4, -0.2) is 4.98 Å². The number of nitrogen functional groups attached to an aromatic ring is 1. The van der Waals surface area contributed by atoms with Crippen molar-refractivity contribution < 1.29 is 4.39 Å². The molecule has 0 saturated carbocycles. The van der Waals surface area contributed by atoms with Crippen molar-refractivity contribution in [3.05, 3.63) is 66.1 Å². The molecule has 0 radical (unpaired) electrons. The first-order chi connectivity index (χ1) is 9.74. The number of benzene rings is 2. The average Bonchev–Trinajstić information content (AvgIpc) is 2.46. The number of halogens is 1. The number of thioether (sulfide) groups is 1. The van der Waals surface area contributed by atoms with E-state index >= 15 is 0 Å². The first-order valence-electron chi connectivity index (χ1n) is 6.24. The molecule has 0 amide bonds. The van der Waals surface area contributed by atoms with E-state index in [2.05, 4.69) is 11.1 Å². The largest absolute Gasteiger partial charge is 0.398 e. The highest BCUT2D eigenvalue weighted by Crippen LogP contribution is 2.30. The highest BCUT2D eigenvalue weighted by molar-refractivity contribution is 7.98. The monoisotopic (exact) mass is 284 g/mol. The number of hydrogen-bond acceptors (Lipinski definition) is 3. The molecule has 1 aromatic heterocycles. The van der Waals surface area contributed by atoms with Crippen molar-refractivity contribution >= 4 is 28.4 Å². The topological polar surface area (TPSA) is 38.9 Å². The molecule has 0 bridgehead atoms. The molecule has 2 nitrogen and oxygen atoms in total. The van der Waals surface area contributed by atoms with Gasteiger partial charge >= 0.3 is 0 Å². The Bertz CT molecular complexity index is 753. The SMILES string of the molecule is Nc1cc(F)ccc1SCc1ccnc2ccccc12. The molecule has 3 aromatic rings. The second kappa shape index (κ2) is 5.51. The van der Waals surface area contributed by atoms with Crippen LogP contribution < -0.4 is 5.73 Å². The van der Waals surface area contributed by atoms with Gasteiger partial charge in [-0.1, -0.05) is 18.2 Å². The van der Waals surface area contributed by atoms with Crippen molar-refractivity contribution in [3.63, 3.8) is 0 Å². The summed E-state index contributed by atoms with van der Waals surface area (Å²) in [6.07, 6.45) is 1.81. The zero-order valence-electron chi connectivity index (χ0n) is 10.7. The van der Waals surface area contributed by atoms with Crippen LogP contribution in [0.25, 0.3) is 10.9 Å². The van der Waals surface area contributed by atoms with Gasteiger partial charge in [-0.05, 0) is 35.9 Å². The van der Waals surface area contributed by atoms with Crippen LogP contribution in [0.3, 0.4) is 0 Å². The van der Waals surface area contributed by atoms with Crippen LogP contribution in [0.1, 0.15) is 5.56 Å². The molecule has 2 N–H and O–H groups in total. The molecule has 0 aliphatic rings. The predicted octanol–water partition coefficient (Wildman–Crippen LogP) is 4.25. The quantitative estimate of drug-likeness (QED) is 0.577. The molecule has 20 heavy (non-hydrogen) atoms. The highest BCUT2D eigenvalue weighted by Gasteiger charge is 2.05. The molecule has 0 aliphatic heterocycles.